The molecular weight excluding hydrogens is 296 g/mol. The fourth-order valence-electron chi connectivity index (χ4n) is 4.45. The van der Waals surface area contributed by atoms with Crippen molar-refractivity contribution in [2.45, 2.75) is 52.4 Å². The van der Waals surface area contributed by atoms with Gasteiger partial charge < -0.3 is 15.0 Å². The molecule has 3 rings (SSSR count). The zero-order chi connectivity index (χ0) is 17.2. The van der Waals surface area contributed by atoms with E-state index in [4.69, 9.17) is 4.74 Å². The number of hydrogen-bond acceptors (Lipinski definition) is 3. The molecule has 0 amide bonds. The van der Waals surface area contributed by atoms with Crippen LogP contribution in [0.15, 0.2) is 18.2 Å². The van der Waals surface area contributed by atoms with Crippen molar-refractivity contribution in [3.63, 3.8) is 0 Å². The molecule has 1 aliphatic heterocycles. The zero-order valence-electron chi connectivity index (χ0n) is 15.9. The Bertz CT molecular complexity index is 535. The number of nitrogens with one attached hydrogen (secondary N) is 1. The summed E-state index contributed by atoms with van der Waals surface area (Å²) in [5, 5.41) is 3.46. The van der Waals surface area contributed by atoms with Crippen LogP contribution < -0.4 is 15.0 Å². The highest BCUT2D eigenvalue weighted by molar-refractivity contribution is 5.59. The smallest absolute Gasteiger partial charge is 0.120 e. The van der Waals surface area contributed by atoms with Crippen LogP contribution in [0.25, 0.3) is 0 Å². The van der Waals surface area contributed by atoms with E-state index in [0.717, 1.165) is 37.8 Å². The lowest BCUT2D eigenvalue weighted by Crippen LogP contribution is -2.44. The van der Waals surface area contributed by atoms with Crippen molar-refractivity contribution < 1.29 is 4.74 Å². The topological polar surface area (TPSA) is 24.5 Å². The van der Waals surface area contributed by atoms with E-state index in [-0.39, 0.29) is 0 Å². The van der Waals surface area contributed by atoms with Crippen LogP contribution in [-0.4, -0.2) is 33.3 Å². The van der Waals surface area contributed by atoms with Crippen molar-refractivity contribution in [3.8, 4) is 5.75 Å². The summed E-state index contributed by atoms with van der Waals surface area (Å²) in [5.41, 5.74) is 3.41. The molecule has 24 heavy (non-hydrogen) atoms. The monoisotopic (exact) mass is 330 g/mol. The predicted octanol–water partition coefficient (Wildman–Crippen LogP) is 4.42. The fourth-order valence-corrected chi connectivity index (χ4v) is 4.45. The van der Waals surface area contributed by atoms with Crippen LogP contribution in [0, 0.1) is 11.3 Å². The Balaban J connectivity index is 1.80. The van der Waals surface area contributed by atoms with E-state index >= 15 is 0 Å². The number of piperazine rings is 1. The van der Waals surface area contributed by atoms with Crippen LogP contribution in [0.3, 0.4) is 0 Å². The lowest BCUT2D eigenvalue weighted by Gasteiger charge is -2.39. The molecule has 0 radical (unpaired) electrons. The molecule has 2 aliphatic rings. The van der Waals surface area contributed by atoms with Crippen molar-refractivity contribution in [2.75, 3.05) is 38.2 Å². The first-order valence-electron chi connectivity index (χ1n) is 9.62. The number of anilines is 1. The molecule has 0 unspecified atom stereocenters. The second-order valence-electron chi connectivity index (χ2n) is 8.58. The van der Waals surface area contributed by atoms with Gasteiger partial charge in [-0.1, -0.05) is 26.8 Å². The first-order valence-corrected chi connectivity index (χ1v) is 9.62. The van der Waals surface area contributed by atoms with Gasteiger partial charge in [0.05, 0.1) is 7.11 Å². The highest BCUT2D eigenvalue weighted by atomic mass is 16.5. The molecule has 1 N–H and O–H groups in total. The van der Waals surface area contributed by atoms with Crippen molar-refractivity contribution >= 4 is 5.69 Å². The van der Waals surface area contributed by atoms with Gasteiger partial charge in [-0.15, -0.1) is 0 Å². The predicted molar refractivity (Wildman–Crippen MR) is 102 cm³/mol. The van der Waals surface area contributed by atoms with Gasteiger partial charge in [-0.2, -0.15) is 0 Å². The lowest BCUT2D eigenvalue weighted by atomic mass is 9.68. The average molecular weight is 331 g/mol. The Kier molecular flexibility index (Phi) is 5.39. The summed E-state index contributed by atoms with van der Waals surface area (Å²) >= 11 is 0. The molecule has 3 heteroatoms. The van der Waals surface area contributed by atoms with Crippen LogP contribution in [0.4, 0.5) is 5.69 Å². The van der Waals surface area contributed by atoms with E-state index in [1.165, 1.54) is 31.4 Å². The second-order valence-corrected chi connectivity index (χ2v) is 8.58. The Morgan fingerprint density at radius 2 is 1.71 bits per heavy atom. The van der Waals surface area contributed by atoms with E-state index in [1.807, 2.05) is 0 Å². The largest absolute Gasteiger partial charge is 0.497 e. The molecule has 2 fully saturated rings. The molecule has 1 saturated carbocycles. The number of benzene rings is 1. The highest BCUT2D eigenvalue weighted by Crippen LogP contribution is 2.45. The van der Waals surface area contributed by atoms with Crippen LogP contribution in [0.2, 0.25) is 0 Å². The Morgan fingerprint density at radius 3 is 2.29 bits per heavy atom. The summed E-state index contributed by atoms with van der Waals surface area (Å²) in [6.45, 7) is 11.5. The number of ether oxygens (including phenoxy) is 1. The molecule has 1 aliphatic carbocycles. The fraction of sp³-hybridized carbons (Fsp3) is 0.714. The average Bonchev–Trinajstić information content (AvgIpc) is 2.61. The van der Waals surface area contributed by atoms with Gasteiger partial charge in [-0.25, -0.2) is 0 Å². The molecule has 1 aromatic carbocycles. The van der Waals surface area contributed by atoms with Crippen LogP contribution in [0.1, 0.15) is 57.9 Å². The molecule has 0 bridgehead atoms. The normalized spacial score (nSPS) is 25.6. The zero-order valence-corrected chi connectivity index (χ0v) is 15.9. The van der Waals surface area contributed by atoms with Crippen molar-refractivity contribution in [2.24, 2.45) is 11.3 Å². The number of hydrogen-bond donors (Lipinski definition) is 1. The minimum Gasteiger partial charge on any atom is -0.497 e. The highest BCUT2D eigenvalue weighted by Gasteiger charge is 2.31. The van der Waals surface area contributed by atoms with Gasteiger partial charge in [-0.3, -0.25) is 0 Å². The summed E-state index contributed by atoms with van der Waals surface area (Å²) in [6.07, 6.45) is 5.38. The first kappa shape index (κ1) is 17.6. The van der Waals surface area contributed by atoms with Crippen molar-refractivity contribution in [1.29, 1.82) is 0 Å². The number of nitrogens with zero attached hydrogens (tertiary/aromatic N) is 1. The first-order chi connectivity index (χ1) is 11.5. The van der Waals surface area contributed by atoms with Crippen LogP contribution >= 0.6 is 0 Å². The molecule has 1 aromatic rings. The van der Waals surface area contributed by atoms with Gasteiger partial charge in [0.25, 0.3) is 0 Å². The van der Waals surface area contributed by atoms with Gasteiger partial charge in [0, 0.05) is 37.9 Å². The summed E-state index contributed by atoms with van der Waals surface area (Å²) < 4.78 is 5.51. The van der Waals surface area contributed by atoms with Crippen LogP contribution in [-0.2, 0) is 0 Å². The summed E-state index contributed by atoms with van der Waals surface area (Å²) in [4.78, 5) is 2.55. The Hall–Kier alpha value is -1.22. The molecular formula is C21H34N2O. The van der Waals surface area contributed by atoms with E-state index in [2.05, 4.69) is 49.2 Å². The molecule has 134 valence electrons. The van der Waals surface area contributed by atoms with Gasteiger partial charge in [0.2, 0.25) is 0 Å². The van der Waals surface area contributed by atoms with Gasteiger partial charge in [-0.05, 0) is 54.6 Å². The van der Waals surface area contributed by atoms with Crippen molar-refractivity contribution in [3.05, 3.63) is 23.8 Å². The second kappa shape index (κ2) is 7.35. The molecule has 1 saturated heterocycles. The number of methoxy groups -OCH3 is 1. The minimum atomic E-state index is 0.451. The number of rotatable bonds is 3. The maximum absolute atomic E-state index is 5.51. The molecule has 0 aromatic heterocycles. The maximum Gasteiger partial charge on any atom is 0.120 e. The van der Waals surface area contributed by atoms with E-state index in [1.54, 1.807) is 12.7 Å². The quantitative estimate of drug-likeness (QED) is 0.887. The summed E-state index contributed by atoms with van der Waals surface area (Å²) in [7, 11) is 1.77. The van der Waals surface area contributed by atoms with Crippen LogP contribution in [0.5, 0.6) is 5.75 Å². The molecule has 3 nitrogen and oxygen atoms in total. The molecule has 0 spiro atoms. The standard InChI is InChI=1S/C21H34N2O/c1-21(2,3)17-7-5-16(6-8-17)19-10-9-18(24-4)15-20(19)23-13-11-22-12-14-23/h9-10,15-17,22H,5-8,11-14H2,1-4H3. The van der Waals surface area contributed by atoms with E-state index < -0.39 is 0 Å². The molecule has 0 atom stereocenters. The Labute approximate surface area is 147 Å². The Morgan fingerprint density at radius 1 is 1.04 bits per heavy atom. The summed E-state index contributed by atoms with van der Waals surface area (Å²) in [6, 6.07) is 6.74. The lowest BCUT2D eigenvalue weighted by molar-refractivity contribution is 0.169. The van der Waals surface area contributed by atoms with Gasteiger partial charge in [0.15, 0.2) is 0 Å². The van der Waals surface area contributed by atoms with E-state index in [0.29, 0.717) is 11.3 Å². The van der Waals surface area contributed by atoms with E-state index in [9.17, 15) is 0 Å². The third-order valence-electron chi connectivity index (χ3n) is 6.09. The van der Waals surface area contributed by atoms with Gasteiger partial charge >= 0.3 is 0 Å². The molecule has 1 heterocycles. The SMILES string of the molecule is COc1ccc(C2CCC(C(C)(C)C)CC2)c(N2CCNCC2)c1. The maximum atomic E-state index is 5.51. The third kappa shape index (κ3) is 3.88. The summed E-state index contributed by atoms with van der Waals surface area (Å²) in [5.74, 6) is 2.56. The van der Waals surface area contributed by atoms with Crippen molar-refractivity contribution in [1.82, 2.24) is 5.32 Å². The van der Waals surface area contributed by atoms with Gasteiger partial charge in [0.1, 0.15) is 5.75 Å². The minimum absolute atomic E-state index is 0.451. The third-order valence-corrected chi connectivity index (χ3v) is 6.09.